The van der Waals surface area contributed by atoms with E-state index in [4.69, 9.17) is 32.7 Å². The second-order valence-corrected chi connectivity index (χ2v) is 8.27. The lowest BCUT2D eigenvalue weighted by Crippen LogP contribution is -2.43. The molecule has 1 atom stereocenters. The van der Waals surface area contributed by atoms with Gasteiger partial charge in [0.2, 0.25) is 5.91 Å². The maximum atomic E-state index is 12.4. The first kappa shape index (κ1) is 26.0. The van der Waals surface area contributed by atoms with E-state index in [9.17, 15) is 24.0 Å². The summed E-state index contributed by atoms with van der Waals surface area (Å²) in [5.41, 5.74) is 3.24. The molecule has 12 heteroatoms. The van der Waals surface area contributed by atoms with Gasteiger partial charge in [-0.2, -0.15) is 0 Å². The van der Waals surface area contributed by atoms with E-state index in [1.165, 1.54) is 42.5 Å². The Bertz CT molecular complexity index is 1150. The molecule has 0 aliphatic carbocycles. The molecule has 3 rings (SSSR count). The molecule has 1 heterocycles. The predicted octanol–water partition coefficient (Wildman–Crippen LogP) is 2.85. The van der Waals surface area contributed by atoms with Crippen molar-refractivity contribution in [3.05, 3.63) is 63.6 Å². The fraction of sp³-hybridized carbons (Fsp3) is 0.261. The predicted molar refractivity (Wildman–Crippen MR) is 126 cm³/mol. The molecule has 184 valence electrons. The van der Waals surface area contributed by atoms with E-state index >= 15 is 0 Å². The summed E-state index contributed by atoms with van der Waals surface area (Å²) in [6, 6.07) is 10.3. The molecule has 2 aromatic rings. The summed E-state index contributed by atoms with van der Waals surface area (Å²) in [6.45, 7) is 1.25. The van der Waals surface area contributed by atoms with Crippen LogP contribution in [0.5, 0.6) is 0 Å². The monoisotopic (exact) mass is 521 g/mol. The highest BCUT2D eigenvalue weighted by atomic mass is 35.5. The third-order valence-corrected chi connectivity index (χ3v) is 5.44. The number of halogens is 2. The van der Waals surface area contributed by atoms with Gasteiger partial charge in [-0.05, 0) is 49.4 Å². The van der Waals surface area contributed by atoms with Crippen LogP contribution in [0.2, 0.25) is 10.0 Å². The van der Waals surface area contributed by atoms with E-state index in [0.717, 1.165) is 5.01 Å². The quantitative estimate of drug-likeness (QED) is 0.510. The Kier molecular flexibility index (Phi) is 8.67. The molecule has 10 nitrogen and oxygen atoms in total. The van der Waals surface area contributed by atoms with Gasteiger partial charge in [-0.15, -0.1) is 0 Å². The summed E-state index contributed by atoms with van der Waals surface area (Å²) in [4.78, 5) is 60.7. The first-order valence-electron chi connectivity index (χ1n) is 10.5. The van der Waals surface area contributed by atoms with Crippen LogP contribution in [0.4, 0.5) is 5.69 Å². The fourth-order valence-electron chi connectivity index (χ4n) is 3.19. The van der Waals surface area contributed by atoms with E-state index in [2.05, 4.69) is 10.7 Å². The average Bonchev–Trinajstić information content (AvgIpc) is 3.18. The molecule has 0 bridgehead atoms. The number of hydrogen-bond acceptors (Lipinski definition) is 7. The van der Waals surface area contributed by atoms with E-state index in [0.29, 0.717) is 16.3 Å². The van der Waals surface area contributed by atoms with Crippen molar-refractivity contribution in [1.29, 1.82) is 0 Å². The van der Waals surface area contributed by atoms with Crippen LogP contribution in [0, 0.1) is 5.92 Å². The summed E-state index contributed by atoms with van der Waals surface area (Å²) in [6.07, 6.45) is -0.190. The van der Waals surface area contributed by atoms with Gasteiger partial charge in [-0.25, -0.2) is 4.79 Å². The molecule has 0 spiro atoms. The van der Waals surface area contributed by atoms with Crippen LogP contribution in [-0.4, -0.2) is 54.4 Å². The number of rotatable bonds is 8. The second-order valence-electron chi connectivity index (χ2n) is 7.42. The van der Waals surface area contributed by atoms with Crippen LogP contribution >= 0.6 is 23.2 Å². The van der Waals surface area contributed by atoms with Crippen molar-refractivity contribution < 1.29 is 33.4 Å². The zero-order valence-corrected chi connectivity index (χ0v) is 20.0. The SMILES string of the molecule is CCOC(=O)c1ccc(NC(=O)COC(=O)[C@@H]2CC(=O)N(NC(=O)c3ccc(Cl)cc3Cl)C2)cc1. The Labute approximate surface area is 210 Å². The Morgan fingerprint density at radius 3 is 2.43 bits per heavy atom. The number of carbonyl (C=O) groups excluding carboxylic acids is 5. The van der Waals surface area contributed by atoms with E-state index in [1.807, 2.05) is 0 Å². The van der Waals surface area contributed by atoms with Crippen LogP contribution in [0.1, 0.15) is 34.1 Å². The molecule has 0 aromatic heterocycles. The molecule has 1 aliphatic rings. The summed E-state index contributed by atoms with van der Waals surface area (Å²) in [7, 11) is 0. The Balaban J connectivity index is 1.47. The molecule has 0 radical (unpaired) electrons. The average molecular weight is 522 g/mol. The molecule has 35 heavy (non-hydrogen) atoms. The first-order valence-corrected chi connectivity index (χ1v) is 11.2. The van der Waals surface area contributed by atoms with Crippen LogP contribution in [0.25, 0.3) is 0 Å². The summed E-state index contributed by atoms with van der Waals surface area (Å²) in [5.74, 6) is -3.83. The van der Waals surface area contributed by atoms with Gasteiger partial charge in [0.05, 0.1) is 35.2 Å². The summed E-state index contributed by atoms with van der Waals surface area (Å²) in [5, 5.41) is 4.00. The van der Waals surface area contributed by atoms with Crippen LogP contribution < -0.4 is 10.7 Å². The largest absolute Gasteiger partial charge is 0.462 e. The summed E-state index contributed by atoms with van der Waals surface area (Å²) >= 11 is 11.8. The number of nitrogens with zero attached hydrogens (tertiary/aromatic N) is 1. The van der Waals surface area contributed by atoms with Gasteiger partial charge in [0.15, 0.2) is 6.61 Å². The third kappa shape index (κ3) is 6.93. The number of ether oxygens (including phenoxy) is 2. The maximum absolute atomic E-state index is 12.4. The van der Waals surface area contributed by atoms with Gasteiger partial charge in [0, 0.05) is 17.1 Å². The van der Waals surface area contributed by atoms with Crippen molar-refractivity contribution in [3.63, 3.8) is 0 Å². The number of anilines is 1. The minimum absolute atomic E-state index is 0.110. The third-order valence-electron chi connectivity index (χ3n) is 4.90. The molecule has 1 saturated heterocycles. The molecule has 2 aromatic carbocycles. The zero-order chi connectivity index (χ0) is 25.5. The Morgan fingerprint density at radius 2 is 1.77 bits per heavy atom. The maximum Gasteiger partial charge on any atom is 0.338 e. The number of nitrogens with one attached hydrogen (secondary N) is 2. The Hall–Kier alpha value is -3.63. The van der Waals surface area contributed by atoms with Crippen molar-refractivity contribution >= 4 is 58.5 Å². The second kappa shape index (κ2) is 11.7. The molecule has 2 N–H and O–H groups in total. The molecular formula is C23H21Cl2N3O7. The highest BCUT2D eigenvalue weighted by Gasteiger charge is 2.37. The zero-order valence-electron chi connectivity index (χ0n) is 18.5. The standard InChI is InChI=1S/C23H21Cl2N3O7/c1-2-34-22(32)13-3-6-16(7-4-13)26-19(29)12-35-23(33)14-9-20(30)28(11-14)27-21(31)17-8-5-15(24)10-18(17)25/h3-8,10,14H,2,9,11-12H2,1H3,(H,26,29)(H,27,31)/t14-/m1/s1. The van der Waals surface area contributed by atoms with Gasteiger partial charge in [-0.1, -0.05) is 23.2 Å². The van der Waals surface area contributed by atoms with Crippen molar-refractivity contribution in [2.75, 3.05) is 25.1 Å². The van der Waals surface area contributed by atoms with E-state index in [-0.39, 0.29) is 30.2 Å². The summed E-state index contributed by atoms with van der Waals surface area (Å²) < 4.78 is 9.91. The lowest BCUT2D eigenvalue weighted by molar-refractivity contribution is -0.151. The lowest BCUT2D eigenvalue weighted by atomic mass is 10.1. The number of hydrazine groups is 1. The van der Waals surface area contributed by atoms with Gasteiger partial charge in [0.1, 0.15) is 0 Å². The minimum Gasteiger partial charge on any atom is -0.462 e. The fourth-order valence-corrected chi connectivity index (χ4v) is 3.68. The van der Waals surface area contributed by atoms with Crippen molar-refractivity contribution in [2.45, 2.75) is 13.3 Å². The number of esters is 2. The van der Waals surface area contributed by atoms with Gasteiger partial charge >= 0.3 is 11.9 Å². The van der Waals surface area contributed by atoms with Crippen molar-refractivity contribution in [2.24, 2.45) is 5.92 Å². The number of hydrogen-bond donors (Lipinski definition) is 2. The van der Waals surface area contributed by atoms with Crippen molar-refractivity contribution in [1.82, 2.24) is 10.4 Å². The molecule has 3 amide bonds. The number of amides is 3. The molecule has 0 unspecified atom stereocenters. The van der Waals surface area contributed by atoms with Crippen molar-refractivity contribution in [3.8, 4) is 0 Å². The van der Waals surface area contributed by atoms with Crippen LogP contribution in [0.15, 0.2) is 42.5 Å². The molecule has 0 saturated carbocycles. The molecular weight excluding hydrogens is 501 g/mol. The van der Waals surface area contributed by atoms with Crippen LogP contribution in [0.3, 0.4) is 0 Å². The smallest absolute Gasteiger partial charge is 0.338 e. The molecule has 1 aliphatic heterocycles. The highest BCUT2D eigenvalue weighted by molar-refractivity contribution is 6.36. The van der Waals surface area contributed by atoms with Gasteiger partial charge in [0.25, 0.3) is 11.8 Å². The lowest BCUT2D eigenvalue weighted by Gasteiger charge is -2.18. The minimum atomic E-state index is -0.861. The molecule has 1 fully saturated rings. The first-order chi connectivity index (χ1) is 16.7. The number of benzene rings is 2. The van der Waals surface area contributed by atoms with Gasteiger partial charge in [-0.3, -0.25) is 29.6 Å². The topological polar surface area (TPSA) is 131 Å². The van der Waals surface area contributed by atoms with Crippen LogP contribution in [-0.2, 0) is 23.9 Å². The van der Waals surface area contributed by atoms with E-state index < -0.39 is 42.2 Å². The van der Waals surface area contributed by atoms with E-state index in [1.54, 1.807) is 6.92 Å². The van der Waals surface area contributed by atoms with Gasteiger partial charge < -0.3 is 14.8 Å². The number of carbonyl (C=O) groups is 5. The highest BCUT2D eigenvalue weighted by Crippen LogP contribution is 2.22. The Morgan fingerprint density at radius 1 is 1.06 bits per heavy atom. The normalized spacial score (nSPS) is 14.9.